The molecule has 1 atom stereocenters. The molecule has 4 rings (SSSR count). The van der Waals surface area contributed by atoms with E-state index < -0.39 is 0 Å². The van der Waals surface area contributed by atoms with Gasteiger partial charge in [-0.3, -0.25) is 0 Å². The van der Waals surface area contributed by atoms with Gasteiger partial charge in [-0.15, -0.1) is 0 Å². The average Bonchev–Trinajstić information content (AvgIpc) is 3.16. The molecule has 18 heavy (non-hydrogen) atoms. The van der Waals surface area contributed by atoms with Crippen molar-refractivity contribution < 1.29 is 0 Å². The first-order valence-electron chi connectivity index (χ1n) is 7.02. The summed E-state index contributed by atoms with van der Waals surface area (Å²) < 4.78 is 2.36. The molecule has 92 valence electrons. The summed E-state index contributed by atoms with van der Waals surface area (Å²) in [5.74, 6) is 0.856. The number of aromatic nitrogens is 2. The molecule has 2 heterocycles. The van der Waals surface area contributed by atoms with Gasteiger partial charge in [0, 0.05) is 11.9 Å². The predicted octanol–water partition coefficient (Wildman–Crippen LogP) is 3.69. The van der Waals surface area contributed by atoms with Gasteiger partial charge in [-0.2, -0.15) is 0 Å². The van der Waals surface area contributed by atoms with Crippen LogP contribution in [0.5, 0.6) is 0 Å². The maximum Gasteiger partial charge on any atom is 0.0953 e. The van der Waals surface area contributed by atoms with Gasteiger partial charge in [-0.1, -0.05) is 24.3 Å². The van der Waals surface area contributed by atoms with E-state index in [-0.39, 0.29) is 0 Å². The lowest BCUT2D eigenvalue weighted by molar-refractivity contribution is 0.457. The van der Waals surface area contributed by atoms with Crippen LogP contribution in [0.4, 0.5) is 0 Å². The molecule has 0 radical (unpaired) electrons. The van der Waals surface area contributed by atoms with Crippen molar-refractivity contribution in [2.45, 2.75) is 44.1 Å². The first-order valence-corrected chi connectivity index (χ1v) is 7.02. The Morgan fingerprint density at radius 3 is 2.56 bits per heavy atom. The van der Waals surface area contributed by atoms with Crippen LogP contribution < -0.4 is 0 Å². The Kier molecular flexibility index (Phi) is 2.29. The lowest BCUT2D eigenvalue weighted by Crippen LogP contribution is -2.17. The van der Waals surface area contributed by atoms with Crippen LogP contribution in [0.1, 0.15) is 54.5 Å². The topological polar surface area (TPSA) is 17.8 Å². The molecule has 1 aromatic heterocycles. The standard InChI is InChI=1S/C16H18N2/c1-2-15-10-17-11-18(15)16(3-1)14-8-6-13(7-9-14)12-4-5-12/h6-12,16H,1-5H2. The fraction of sp³-hybridized carbons (Fsp3) is 0.438. The second-order valence-electron chi connectivity index (χ2n) is 5.64. The molecule has 1 saturated carbocycles. The number of fused-ring (bicyclic) bond motifs is 1. The molecule has 2 nitrogen and oxygen atoms in total. The third-order valence-corrected chi connectivity index (χ3v) is 4.36. The highest BCUT2D eigenvalue weighted by molar-refractivity contribution is 5.31. The molecule has 2 heteroatoms. The molecule has 0 spiro atoms. The number of imidazole rings is 1. The fourth-order valence-corrected chi connectivity index (χ4v) is 3.16. The summed E-state index contributed by atoms with van der Waals surface area (Å²) in [6.07, 6.45) is 10.5. The van der Waals surface area contributed by atoms with Crippen LogP contribution in [0.15, 0.2) is 36.8 Å². The van der Waals surface area contributed by atoms with Crippen LogP contribution in [0, 0.1) is 0 Å². The Balaban J connectivity index is 1.67. The zero-order valence-electron chi connectivity index (χ0n) is 10.5. The normalized spacial score (nSPS) is 22.8. The largest absolute Gasteiger partial charge is 0.327 e. The number of hydrogen-bond donors (Lipinski definition) is 0. The van der Waals surface area contributed by atoms with E-state index in [1.165, 1.54) is 48.9 Å². The fourth-order valence-electron chi connectivity index (χ4n) is 3.16. The van der Waals surface area contributed by atoms with Crippen LogP contribution in [0.25, 0.3) is 0 Å². The minimum absolute atomic E-state index is 0.504. The first-order chi connectivity index (χ1) is 8.92. The summed E-state index contributed by atoms with van der Waals surface area (Å²) >= 11 is 0. The summed E-state index contributed by atoms with van der Waals surface area (Å²) in [7, 11) is 0. The Bertz CT molecular complexity index is 549. The Hall–Kier alpha value is -1.57. The molecule has 0 bridgehead atoms. The minimum atomic E-state index is 0.504. The maximum absolute atomic E-state index is 4.30. The highest BCUT2D eigenvalue weighted by Crippen LogP contribution is 2.40. The zero-order chi connectivity index (χ0) is 11.9. The Labute approximate surface area is 108 Å². The van der Waals surface area contributed by atoms with Crippen molar-refractivity contribution in [1.82, 2.24) is 9.55 Å². The maximum atomic E-state index is 4.30. The van der Waals surface area contributed by atoms with Crippen molar-refractivity contribution >= 4 is 0 Å². The number of benzene rings is 1. The van der Waals surface area contributed by atoms with E-state index in [0.29, 0.717) is 6.04 Å². The molecular weight excluding hydrogens is 220 g/mol. The monoisotopic (exact) mass is 238 g/mol. The lowest BCUT2D eigenvalue weighted by Gasteiger charge is -2.26. The molecule has 1 unspecified atom stereocenters. The van der Waals surface area contributed by atoms with E-state index in [4.69, 9.17) is 0 Å². The summed E-state index contributed by atoms with van der Waals surface area (Å²) in [6, 6.07) is 9.82. The van der Waals surface area contributed by atoms with Crippen molar-refractivity contribution in [1.29, 1.82) is 0 Å². The van der Waals surface area contributed by atoms with Crippen molar-refractivity contribution in [2.75, 3.05) is 0 Å². The second-order valence-corrected chi connectivity index (χ2v) is 5.64. The quantitative estimate of drug-likeness (QED) is 0.780. The molecule has 1 aromatic carbocycles. The van der Waals surface area contributed by atoms with Gasteiger partial charge in [0.2, 0.25) is 0 Å². The number of hydrogen-bond acceptors (Lipinski definition) is 1. The first kappa shape index (κ1) is 10.4. The van der Waals surface area contributed by atoms with Crippen molar-refractivity contribution in [3.05, 3.63) is 53.6 Å². The molecule has 2 aliphatic rings. The summed E-state index contributed by atoms with van der Waals surface area (Å²) in [5, 5.41) is 0. The van der Waals surface area contributed by atoms with Crippen LogP contribution >= 0.6 is 0 Å². The SMILES string of the molecule is c1cc(C2CCCc3cncn32)ccc1C1CC1. The van der Waals surface area contributed by atoms with Gasteiger partial charge in [-0.25, -0.2) is 4.98 Å². The van der Waals surface area contributed by atoms with E-state index in [1.54, 1.807) is 0 Å². The third kappa shape index (κ3) is 1.67. The summed E-state index contributed by atoms with van der Waals surface area (Å²) in [4.78, 5) is 4.30. The molecule has 1 aliphatic carbocycles. The lowest BCUT2D eigenvalue weighted by atomic mass is 9.95. The molecule has 0 N–H and O–H groups in total. The number of nitrogens with zero attached hydrogens (tertiary/aromatic N) is 2. The smallest absolute Gasteiger partial charge is 0.0953 e. The van der Waals surface area contributed by atoms with Crippen LogP contribution in [0.3, 0.4) is 0 Å². The van der Waals surface area contributed by atoms with Gasteiger partial charge in [-0.05, 0) is 49.1 Å². The molecule has 1 aliphatic heterocycles. The minimum Gasteiger partial charge on any atom is -0.327 e. The van der Waals surface area contributed by atoms with E-state index in [2.05, 4.69) is 33.8 Å². The van der Waals surface area contributed by atoms with Gasteiger partial charge in [0.1, 0.15) is 0 Å². The van der Waals surface area contributed by atoms with E-state index in [0.717, 1.165) is 5.92 Å². The second kappa shape index (κ2) is 3.98. The third-order valence-electron chi connectivity index (χ3n) is 4.36. The molecule has 0 amide bonds. The highest BCUT2D eigenvalue weighted by Gasteiger charge is 2.24. The van der Waals surface area contributed by atoms with Gasteiger partial charge in [0.05, 0.1) is 12.4 Å². The Morgan fingerprint density at radius 2 is 1.78 bits per heavy atom. The highest BCUT2D eigenvalue weighted by atomic mass is 15.1. The van der Waals surface area contributed by atoms with Crippen LogP contribution in [-0.4, -0.2) is 9.55 Å². The number of aryl methyl sites for hydroxylation is 1. The average molecular weight is 238 g/mol. The van der Waals surface area contributed by atoms with E-state index in [9.17, 15) is 0 Å². The van der Waals surface area contributed by atoms with E-state index in [1.807, 2.05) is 12.5 Å². The van der Waals surface area contributed by atoms with E-state index >= 15 is 0 Å². The Morgan fingerprint density at radius 1 is 1.00 bits per heavy atom. The summed E-state index contributed by atoms with van der Waals surface area (Å²) in [6.45, 7) is 0. The predicted molar refractivity (Wildman–Crippen MR) is 71.7 cm³/mol. The molecule has 2 aromatic rings. The number of rotatable bonds is 2. The van der Waals surface area contributed by atoms with Crippen molar-refractivity contribution in [3.8, 4) is 0 Å². The molecule has 1 fully saturated rings. The van der Waals surface area contributed by atoms with Gasteiger partial charge < -0.3 is 4.57 Å². The molecular formula is C16H18N2. The van der Waals surface area contributed by atoms with Crippen molar-refractivity contribution in [3.63, 3.8) is 0 Å². The van der Waals surface area contributed by atoms with Crippen LogP contribution in [0.2, 0.25) is 0 Å². The molecule has 0 saturated heterocycles. The van der Waals surface area contributed by atoms with Gasteiger partial charge in [0.25, 0.3) is 0 Å². The summed E-state index contributed by atoms with van der Waals surface area (Å²) in [5.41, 5.74) is 4.36. The van der Waals surface area contributed by atoms with Crippen molar-refractivity contribution in [2.24, 2.45) is 0 Å². The van der Waals surface area contributed by atoms with Crippen LogP contribution in [-0.2, 0) is 6.42 Å². The van der Waals surface area contributed by atoms with Gasteiger partial charge >= 0.3 is 0 Å². The zero-order valence-corrected chi connectivity index (χ0v) is 10.5. The van der Waals surface area contributed by atoms with Gasteiger partial charge in [0.15, 0.2) is 0 Å².